The maximum Gasteiger partial charge on any atom is 0.158 e. The van der Waals surface area contributed by atoms with Gasteiger partial charge in [0.05, 0.1) is 0 Å². The zero-order chi connectivity index (χ0) is 10.0. The van der Waals surface area contributed by atoms with Crippen LogP contribution in [-0.4, -0.2) is 6.04 Å². The van der Waals surface area contributed by atoms with Gasteiger partial charge in [-0.3, -0.25) is 0 Å². The van der Waals surface area contributed by atoms with Gasteiger partial charge in [0, 0.05) is 12.0 Å². The Bertz CT molecular complexity index is 279. The van der Waals surface area contributed by atoms with Crippen LogP contribution in [0, 0.1) is 5.92 Å². The summed E-state index contributed by atoms with van der Waals surface area (Å²) < 4.78 is 25.5. The van der Waals surface area contributed by atoms with E-state index in [1.54, 1.807) is 0 Å². The van der Waals surface area contributed by atoms with E-state index in [0.717, 1.165) is 18.6 Å². The Kier molecular flexibility index (Phi) is 2.98. The molecule has 0 aromatic rings. The van der Waals surface area contributed by atoms with E-state index >= 15 is 0 Å². The van der Waals surface area contributed by atoms with Crippen LogP contribution < -0.4 is 5.73 Å². The van der Waals surface area contributed by atoms with Crippen molar-refractivity contribution in [1.82, 2.24) is 0 Å². The first kappa shape index (κ1) is 10.1. The summed E-state index contributed by atoms with van der Waals surface area (Å²) in [6, 6.07) is 0.0743. The zero-order valence-electron chi connectivity index (χ0n) is 7.56. The smallest absolute Gasteiger partial charge is 0.158 e. The minimum atomic E-state index is -0.869. The summed E-state index contributed by atoms with van der Waals surface area (Å²) in [5.74, 6) is -1.59. The van der Waals surface area contributed by atoms with E-state index in [-0.39, 0.29) is 12.0 Å². The Morgan fingerprint density at radius 1 is 1.46 bits per heavy atom. The summed E-state index contributed by atoms with van der Waals surface area (Å²) in [5, 5.41) is 0. The van der Waals surface area contributed by atoms with Crippen LogP contribution in [0.1, 0.15) is 13.3 Å². The minimum absolute atomic E-state index is 0.0743. The van der Waals surface area contributed by atoms with Gasteiger partial charge in [-0.05, 0) is 31.1 Å². The molecule has 1 saturated carbocycles. The van der Waals surface area contributed by atoms with Crippen LogP contribution in [-0.2, 0) is 0 Å². The molecule has 13 heavy (non-hydrogen) atoms. The van der Waals surface area contributed by atoms with Gasteiger partial charge >= 0.3 is 0 Å². The zero-order valence-corrected chi connectivity index (χ0v) is 7.56. The quantitative estimate of drug-likeness (QED) is 0.672. The molecule has 0 bridgehead atoms. The Balaban J connectivity index is 2.60. The van der Waals surface area contributed by atoms with E-state index in [0.29, 0.717) is 5.57 Å². The van der Waals surface area contributed by atoms with Crippen LogP contribution in [0.2, 0.25) is 0 Å². The van der Waals surface area contributed by atoms with E-state index in [2.05, 4.69) is 6.58 Å². The van der Waals surface area contributed by atoms with Gasteiger partial charge in [-0.25, -0.2) is 8.78 Å². The van der Waals surface area contributed by atoms with E-state index < -0.39 is 11.7 Å². The number of hydrogen-bond acceptors (Lipinski definition) is 1. The van der Waals surface area contributed by atoms with Gasteiger partial charge in [-0.1, -0.05) is 6.58 Å². The molecule has 1 aliphatic rings. The molecule has 1 nitrogen and oxygen atoms in total. The fraction of sp³-hybridized carbons (Fsp3) is 0.400. The van der Waals surface area contributed by atoms with Crippen molar-refractivity contribution in [2.45, 2.75) is 19.4 Å². The number of allylic oxidation sites excluding steroid dienone is 4. The number of halogens is 2. The predicted molar refractivity (Wildman–Crippen MR) is 49.3 cm³/mol. The summed E-state index contributed by atoms with van der Waals surface area (Å²) in [6.45, 7) is 5.07. The van der Waals surface area contributed by atoms with Gasteiger partial charge in [0.1, 0.15) is 0 Å². The summed E-state index contributed by atoms with van der Waals surface area (Å²) in [6.07, 6.45) is 3.01. The summed E-state index contributed by atoms with van der Waals surface area (Å²) in [4.78, 5) is 0. The van der Waals surface area contributed by atoms with Gasteiger partial charge in [0.25, 0.3) is 0 Å². The molecule has 0 aliphatic heterocycles. The van der Waals surface area contributed by atoms with Gasteiger partial charge in [0.2, 0.25) is 0 Å². The predicted octanol–water partition coefficient (Wildman–Crippen LogP) is 2.62. The Hall–Kier alpha value is -0.960. The van der Waals surface area contributed by atoms with Crippen molar-refractivity contribution >= 4 is 0 Å². The Morgan fingerprint density at radius 3 is 2.38 bits per heavy atom. The lowest BCUT2D eigenvalue weighted by atomic mass is 10.1. The van der Waals surface area contributed by atoms with Crippen LogP contribution in [0.4, 0.5) is 8.78 Å². The molecule has 1 fully saturated rings. The normalized spacial score (nSPS) is 28.9. The lowest BCUT2D eigenvalue weighted by Crippen LogP contribution is -2.02. The molecule has 0 spiro atoms. The van der Waals surface area contributed by atoms with Crippen molar-refractivity contribution in [1.29, 1.82) is 0 Å². The third-order valence-corrected chi connectivity index (χ3v) is 2.11. The molecule has 0 heterocycles. The lowest BCUT2D eigenvalue weighted by molar-refractivity contribution is 0.542. The molecule has 72 valence electrons. The fourth-order valence-electron chi connectivity index (χ4n) is 1.12. The van der Waals surface area contributed by atoms with Gasteiger partial charge in [-0.15, -0.1) is 0 Å². The van der Waals surface area contributed by atoms with Crippen LogP contribution in [0.25, 0.3) is 0 Å². The largest absolute Gasteiger partial charge is 0.327 e. The van der Waals surface area contributed by atoms with Crippen LogP contribution in [0.15, 0.2) is 36.0 Å². The molecule has 0 aromatic heterocycles. The molecule has 3 heteroatoms. The monoisotopic (exact) mass is 185 g/mol. The highest BCUT2D eigenvalue weighted by Gasteiger charge is 2.34. The highest BCUT2D eigenvalue weighted by Crippen LogP contribution is 2.36. The number of rotatable bonds is 3. The summed E-state index contributed by atoms with van der Waals surface area (Å²) in [7, 11) is 0. The molecule has 0 unspecified atom stereocenters. The maximum atomic E-state index is 12.9. The third-order valence-electron chi connectivity index (χ3n) is 2.11. The summed E-state index contributed by atoms with van der Waals surface area (Å²) >= 11 is 0. The molecule has 0 saturated heterocycles. The second kappa shape index (κ2) is 3.83. The molecule has 0 aromatic carbocycles. The molecule has 0 amide bonds. The number of nitrogens with two attached hydrogens (primary N) is 1. The highest BCUT2D eigenvalue weighted by molar-refractivity contribution is 5.32. The third kappa shape index (κ3) is 2.49. The van der Waals surface area contributed by atoms with Crippen molar-refractivity contribution < 1.29 is 8.78 Å². The molecule has 2 N–H and O–H groups in total. The minimum Gasteiger partial charge on any atom is -0.327 e. The molecule has 1 aliphatic carbocycles. The first-order valence-electron chi connectivity index (χ1n) is 4.20. The molecule has 1 rings (SSSR count). The van der Waals surface area contributed by atoms with E-state index in [1.165, 1.54) is 6.92 Å². The second-order valence-electron chi connectivity index (χ2n) is 3.21. The fourth-order valence-corrected chi connectivity index (χ4v) is 1.12. The molecular weight excluding hydrogens is 172 g/mol. The molecule has 2 atom stereocenters. The van der Waals surface area contributed by atoms with Gasteiger partial charge in [-0.2, -0.15) is 0 Å². The van der Waals surface area contributed by atoms with Crippen molar-refractivity contribution in [3.8, 4) is 0 Å². The first-order valence-corrected chi connectivity index (χ1v) is 4.20. The summed E-state index contributed by atoms with van der Waals surface area (Å²) in [5.41, 5.74) is 6.10. The van der Waals surface area contributed by atoms with Crippen LogP contribution in [0.3, 0.4) is 0 Å². The molecular formula is C10H13F2N. The van der Waals surface area contributed by atoms with Crippen LogP contribution >= 0.6 is 0 Å². The number of hydrogen-bond donors (Lipinski definition) is 1. The SMILES string of the molecule is C=C(/C=C(F)\C(F)=C/C)[C@@H]1C[C@H]1N. The van der Waals surface area contributed by atoms with Crippen LogP contribution in [0.5, 0.6) is 0 Å². The van der Waals surface area contributed by atoms with E-state index in [1.807, 2.05) is 0 Å². The van der Waals surface area contributed by atoms with Gasteiger partial charge < -0.3 is 5.73 Å². The first-order chi connectivity index (χ1) is 6.06. The maximum absolute atomic E-state index is 12.9. The van der Waals surface area contributed by atoms with Crippen molar-refractivity contribution in [3.63, 3.8) is 0 Å². The standard InChI is InChI=1S/C10H13F2N/c1-3-8(11)9(12)4-6(2)7-5-10(7)13/h3-4,7,10H,2,5,13H2,1H3/b8-3+,9-4+/t7-,10+/m0/s1. The van der Waals surface area contributed by atoms with E-state index in [9.17, 15) is 8.78 Å². The average molecular weight is 185 g/mol. The van der Waals surface area contributed by atoms with Crippen molar-refractivity contribution in [3.05, 3.63) is 36.0 Å². The Morgan fingerprint density at radius 2 is 2.00 bits per heavy atom. The lowest BCUT2D eigenvalue weighted by Gasteiger charge is -1.96. The van der Waals surface area contributed by atoms with Crippen molar-refractivity contribution in [2.24, 2.45) is 11.7 Å². The average Bonchev–Trinajstić information content (AvgIpc) is 2.81. The highest BCUT2D eigenvalue weighted by atomic mass is 19.2. The van der Waals surface area contributed by atoms with Gasteiger partial charge in [0.15, 0.2) is 11.7 Å². The Labute approximate surface area is 76.6 Å². The van der Waals surface area contributed by atoms with E-state index in [4.69, 9.17) is 5.73 Å². The molecule has 0 radical (unpaired) electrons. The van der Waals surface area contributed by atoms with Crippen molar-refractivity contribution in [2.75, 3.05) is 0 Å². The second-order valence-corrected chi connectivity index (χ2v) is 3.21. The topological polar surface area (TPSA) is 26.0 Å².